The molecule has 0 bridgehead atoms. The van der Waals surface area contributed by atoms with Gasteiger partial charge in [-0.25, -0.2) is 0 Å². The smallest absolute Gasteiger partial charge is 0.293 e. The van der Waals surface area contributed by atoms with Gasteiger partial charge >= 0.3 is 0 Å². The number of anilines is 1. The van der Waals surface area contributed by atoms with Gasteiger partial charge in [-0.1, -0.05) is 0 Å². The number of rotatable bonds is 6. The number of hydrogen-bond donors (Lipinski definition) is 2. The molecule has 0 aliphatic carbocycles. The minimum Gasteiger partial charge on any atom is -0.394 e. The molecule has 0 aromatic heterocycles. The number of carbonyl (C=O) groups is 1. The minimum atomic E-state index is -0.584. The molecule has 0 saturated heterocycles. The fourth-order valence-electron chi connectivity index (χ4n) is 1.55. The Labute approximate surface area is 110 Å². The number of ketones is 1. The number of terminal acetylenes is 1. The third-order valence-electron chi connectivity index (χ3n) is 2.55. The zero-order chi connectivity index (χ0) is 14.4. The topological polar surface area (TPSA) is 92.5 Å². The Morgan fingerprint density at radius 2 is 2.32 bits per heavy atom. The molecule has 0 saturated carbocycles. The average Bonchev–Trinajstić information content (AvgIpc) is 2.37. The van der Waals surface area contributed by atoms with Crippen LogP contribution < -0.4 is 5.32 Å². The molecule has 1 aromatic carbocycles. The van der Waals surface area contributed by atoms with Crippen molar-refractivity contribution >= 4 is 17.2 Å². The van der Waals surface area contributed by atoms with Crippen molar-refractivity contribution in [3.8, 4) is 12.3 Å². The van der Waals surface area contributed by atoms with Crippen molar-refractivity contribution < 1.29 is 14.8 Å². The lowest BCUT2D eigenvalue weighted by Gasteiger charge is -2.15. The van der Waals surface area contributed by atoms with E-state index in [0.717, 1.165) is 0 Å². The second kappa shape index (κ2) is 6.52. The molecule has 0 heterocycles. The van der Waals surface area contributed by atoms with Crippen LogP contribution in [0, 0.1) is 22.5 Å². The SMILES string of the molecule is C#CCC(CO)Nc1ccc(C(C)=O)cc1[N+](=O)[O-]. The molecule has 0 radical (unpaired) electrons. The first kappa shape index (κ1) is 14.7. The fraction of sp³-hybridized carbons (Fsp3) is 0.308. The number of nitrogens with one attached hydrogen (secondary N) is 1. The summed E-state index contributed by atoms with van der Waals surface area (Å²) in [5.74, 6) is 2.12. The normalized spacial score (nSPS) is 11.4. The molecule has 0 spiro atoms. The highest BCUT2D eigenvalue weighted by Gasteiger charge is 2.18. The van der Waals surface area contributed by atoms with Crippen molar-refractivity contribution in [2.24, 2.45) is 0 Å². The number of nitrogens with zero attached hydrogens (tertiary/aromatic N) is 1. The van der Waals surface area contributed by atoms with E-state index in [4.69, 9.17) is 11.5 Å². The molecule has 1 unspecified atom stereocenters. The van der Waals surface area contributed by atoms with Gasteiger partial charge in [0, 0.05) is 18.1 Å². The largest absolute Gasteiger partial charge is 0.394 e. The Morgan fingerprint density at radius 1 is 1.63 bits per heavy atom. The van der Waals surface area contributed by atoms with E-state index in [2.05, 4.69) is 11.2 Å². The number of aliphatic hydroxyl groups excluding tert-OH is 1. The van der Waals surface area contributed by atoms with E-state index in [1.807, 2.05) is 0 Å². The van der Waals surface area contributed by atoms with E-state index < -0.39 is 11.0 Å². The van der Waals surface area contributed by atoms with Gasteiger partial charge in [0.05, 0.1) is 17.6 Å². The molecule has 100 valence electrons. The average molecular weight is 262 g/mol. The molecule has 6 nitrogen and oxygen atoms in total. The van der Waals surface area contributed by atoms with Crippen LogP contribution in [0.15, 0.2) is 18.2 Å². The van der Waals surface area contributed by atoms with Crippen LogP contribution in [0.25, 0.3) is 0 Å². The first-order valence-corrected chi connectivity index (χ1v) is 5.59. The molecule has 2 N–H and O–H groups in total. The van der Waals surface area contributed by atoms with Crippen molar-refractivity contribution in [1.29, 1.82) is 0 Å². The van der Waals surface area contributed by atoms with E-state index in [0.29, 0.717) is 0 Å². The minimum absolute atomic E-state index is 0.219. The van der Waals surface area contributed by atoms with Gasteiger partial charge in [-0.3, -0.25) is 14.9 Å². The monoisotopic (exact) mass is 262 g/mol. The summed E-state index contributed by atoms with van der Waals surface area (Å²) in [6.45, 7) is 1.09. The first-order valence-electron chi connectivity index (χ1n) is 5.59. The summed E-state index contributed by atoms with van der Waals surface area (Å²) in [5, 5.41) is 22.9. The molecule has 1 rings (SSSR count). The van der Waals surface area contributed by atoms with Gasteiger partial charge < -0.3 is 10.4 Å². The highest BCUT2D eigenvalue weighted by Crippen LogP contribution is 2.26. The number of nitro benzene ring substituents is 1. The zero-order valence-electron chi connectivity index (χ0n) is 10.4. The number of hydrogen-bond acceptors (Lipinski definition) is 5. The van der Waals surface area contributed by atoms with Crippen LogP contribution in [0.3, 0.4) is 0 Å². The maximum Gasteiger partial charge on any atom is 0.293 e. The van der Waals surface area contributed by atoms with Crippen molar-refractivity contribution in [2.75, 3.05) is 11.9 Å². The lowest BCUT2D eigenvalue weighted by atomic mass is 10.1. The Balaban J connectivity index is 3.10. The molecular formula is C13H14N2O4. The Hall–Kier alpha value is -2.39. The predicted octanol–water partition coefficient (Wildman–Crippen LogP) is 1.59. The van der Waals surface area contributed by atoms with Crippen molar-refractivity contribution in [1.82, 2.24) is 0 Å². The van der Waals surface area contributed by atoms with Gasteiger partial charge in [0.15, 0.2) is 5.78 Å². The molecule has 0 aliphatic rings. The number of aliphatic hydroxyl groups is 1. The number of benzene rings is 1. The molecular weight excluding hydrogens is 248 g/mol. The Morgan fingerprint density at radius 3 is 2.79 bits per heavy atom. The Bertz CT molecular complexity index is 534. The quantitative estimate of drug-likeness (QED) is 0.351. The van der Waals surface area contributed by atoms with Crippen LogP contribution in [0.2, 0.25) is 0 Å². The maximum atomic E-state index is 11.2. The first-order chi connectivity index (χ1) is 8.99. The van der Waals surface area contributed by atoms with Crippen LogP contribution in [0.4, 0.5) is 11.4 Å². The number of nitro groups is 1. The van der Waals surface area contributed by atoms with Crippen LogP contribution >= 0.6 is 0 Å². The van der Waals surface area contributed by atoms with Crippen molar-refractivity contribution in [3.63, 3.8) is 0 Å². The second-order valence-corrected chi connectivity index (χ2v) is 3.98. The van der Waals surface area contributed by atoms with Gasteiger partial charge in [-0.05, 0) is 19.1 Å². The van der Waals surface area contributed by atoms with Crippen LogP contribution in [-0.4, -0.2) is 28.5 Å². The summed E-state index contributed by atoms with van der Waals surface area (Å²) in [6, 6.07) is 3.66. The summed E-state index contributed by atoms with van der Waals surface area (Å²) in [7, 11) is 0. The molecule has 1 atom stereocenters. The fourth-order valence-corrected chi connectivity index (χ4v) is 1.55. The predicted molar refractivity (Wildman–Crippen MR) is 71.0 cm³/mol. The summed E-state index contributed by atoms with van der Waals surface area (Å²) in [6.07, 6.45) is 5.38. The maximum absolute atomic E-state index is 11.2. The van der Waals surface area contributed by atoms with Crippen molar-refractivity contribution in [2.45, 2.75) is 19.4 Å². The number of Topliss-reactive ketones (excluding diaryl/α,β-unsaturated/α-hetero) is 1. The third kappa shape index (κ3) is 3.79. The number of carbonyl (C=O) groups excluding carboxylic acids is 1. The van der Waals surface area contributed by atoms with Crippen molar-refractivity contribution in [3.05, 3.63) is 33.9 Å². The molecule has 19 heavy (non-hydrogen) atoms. The Kier molecular flexibility index (Phi) is 5.03. The van der Waals surface area contributed by atoms with Gasteiger partial charge in [0.2, 0.25) is 0 Å². The summed E-state index contributed by atoms with van der Waals surface area (Å²) < 4.78 is 0. The molecule has 0 amide bonds. The van der Waals surface area contributed by atoms with Gasteiger partial charge in [0.25, 0.3) is 5.69 Å². The summed E-state index contributed by atoms with van der Waals surface area (Å²) in [4.78, 5) is 21.6. The van der Waals surface area contributed by atoms with Crippen LogP contribution in [0.1, 0.15) is 23.7 Å². The lowest BCUT2D eigenvalue weighted by molar-refractivity contribution is -0.384. The highest BCUT2D eigenvalue weighted by molar-refractivity contribution is 5.95. The van der Waals surface area contributed by atoms with Gasteiger partial charge in [-0.15, -0.1) is 12.3 Å². The molecule has 1 aromatic rings. The van der Waals surface area contributed by atoms with E-state index in [1.165, 1.54) is 25.1 Å². The lowest BCUT2D eigenvalue weighted by Crippen LogP contribution is -2.23. The van der Waals surface area contributed by atoms with Crippen LogP contribution in [0.5, 0.6) is 0 Å². The zero-order valence-corrected chi connectivity index (χ0v) is 10.4. The molecule has 6 heteroatoms. The molecule has 0 aliphatic heterocycles. The van der Waals surface area contributed by atoms with E-state index in [1.54, 1.807) is 0 Å². The van der Waals surface area contributed by atoms with E-state index in [9.17, 15) is 14.9 Å². The second-order valence-electron chi connectivity index (χ2n) is 3.98. The van der Waals surface area contributed by atoms with E-state index in [-0.39, 0.29) is 35.7 Å². The summed E-state index contributed by atoms with van der Waals surface area (Å²) >= 11 is 0. The van der Waals surface area contributed by atoms with Crippen LogP contribution in [-0.2, 0) is 0 Å². The summed E-state index contributed by atoms with van der Waals surface area (Å²) in [5.41, 5.74) is 0.266. The van der Waals surface area contributed by atoms with Gasteiger partial charge in [0.1, 0.15) is 5.69 Å². The van der Waals surface area contributed by atoms with E-state index >= 15 is 0 Å². The standard InChI is InChI=1S/C13H14N2O4/c1-3-4-11(8-16)14-12-6-5-10(9(2)17)7-13(12)15(18)19/h1,5-7,11,14,16H,4,8H2,2H3. The highest BCUT2D eigenvalue weighted by atomic mass is 16.6. The molecule has 0 fully saturated rings. The van der Waals surface area contributed by atoms with Gasteiger partial charge in [-0.2, -0.15) is 0 Å². The third-order valence-corrected chi connectivity index (χ3v) is 2.55.